The fourth-order valence-corrected chi connectivity index (χ4v) is 2.31. The summed E-state index contributed by atoms with van der Waals surface area (Å²) in [6.45, 7) is 1.27. The summed E-state index contributed by atoms with van der Waals surface area (Å²) < 4.78 is 5.56. The molecule has 0 saturated heterocycles. The predicted octanol–water partition coefficient (Wildman–Crippen LogP) is 2.36. The van der Waals surface area contributed by atoms with Crippen LogP contribution in [0.15, 0.2) is 59.6 Å². The van der Waals surface area contributed by atoms with Crippen molar-refractivity contribution >= 4 is 11.9 Å². The number of guanidine groups is 1. The first-order chi connectivity index (χ1) is 13.0. The van der Waals surface area contributed by atoms with Gasteiger partial charge in [0.2, 0.25) is 0 Å². The van der Waals surface area contributed by atoms with Gasteiger partial charge in [-0.15, -0.1) is 0 Å². The molecule has 0 fully saturated rings. The van der Waals surface area contributed by atoms with E-state index in [9.17, 15) is 4.79 Å². The number of nitrogens with one attached hydrogen (secondary N) is 1. The number of nitrogens with zero attached hydrogens (tertiary/aromatic N) is 3. The zero-order valence-corrected chi connectivity index (χ0v) is 16.5. The minimum absolute atomic E-state index is 0.0291. The van der Waals surface area contributed by atoms with Crippen molar-refractivity contribution in [3.63, 3.8) is 0 Å². The van der Waals surface area contributed by atoms with Gasteiger partial charge in [-0.05, 0) is 23.3 Å². The zero-order chi connectivity index (χ0) is 19.6. The Morgan fingerprint density at radius 2 is 1.67 bits per heavy atom. The van der Waals surface area contributed by atoms with Crippen LogP contribution in [0.4, 0.5) is 0 Å². The van der Waals surface area contributed by atoms with Crippen LogP contribution in [0.1, 0.15) is 11.1 Å². The van der Waals surface area contributed by atoms with E-state index in [1.54, 1.807) is 14.1 Å². The molecule has 0 radical (unpaired) electrons. The van der Waals surface area contributed by atoms with E-state index in [0.717, 1.165) is 11.5 Å². The summed E-state index contributed by atoms with van der Waals surface area (Å²) >= 11 is 0. The average molecular weight is 368 g/mol. The lowest BCUT2D eigenvalue weighted by Gasteiger charge is -2.18. The summed E-state index contributed by atoms with van der Waals surface area (Å²) in [5.41, 5.74) is 2.22. The molecular weight excluding hydrogens is 340 g/mol. The maximum atomic E-state index is 11.6. The molecule has 0 bridgehead atoms. The van der Waals surface area contributed by atoms with Crippen LogP contribution in [0, 0.1) is 0 Å². The third-order valence-corrected chi connectivity index (χ3v) is 3.89. The summed E-state index contributed by atoms with van der Waals surface area (Å²) in [4.78, 5) is 19.8. The third kappa shape index (κ3) is 7.01. The van der Waals surface area contributed by atoms with Gasteiger partial charge in [-0.1, -0.05) is 42.5 Å². The number of rotatable bonds is 7. The second-order valence-corrected chi connectivity index (χ2v) is 6.60. The Balaban J connectivity index is 1.96. The summed E-state index contributed by atoms with van der Waals surface area (Å²) in [5.74, 6) is 1.41. The molecule has 1 amide bonds. The normalized spacial score (nSPS) is 11.0. The molecule has 2 aromatic rings. The Morgan fingerprint density at radius 1 is 0.963 bits per heavy atom. The van der Waals surface area contributed by atoms with Crippen molar-refractivity contribution in [2.24, 2.45) is 4.99 Å². The molecule has 0 aromatic heterocycles. The molecule has 0 atom stereocenters. The van der Waals surface area contributed by atoms with Crippen molar-refractivity contribution in [2.45, 2.75) is 13.1 Å². The molecule has 2 aromatic carbocycles. The zero-order valence-electron chi connectivity index (χ0n) is 16.5. The van der Waals surface area contributed by atoms with Gasteiger partial charge in [0, 0.05) is 34.7 Å². The van der Waals surface area contributed by atoms with E-state index in [-0.39, 0.29) is 12.5 Å². The van der Waals surface area contributed by atoms with Crippen LogP contribution in [-0.4, -0.2) is 56.5 Å². The monoisotopic (exact) mass is 368 g/mol. The summed E-state index contributed by atoms with van der Waals surface area (Å²) in [6.07, 6.45) is 0. The number of carbonyl (C=O) groups is 1. The topological polar surface area (TPSA) is 57.2 Å². The van der Waals surface area contributed by atoms with E-state index < -0.39 is 0 Å². The van der Waals surface area contributed by atoms with E-state index in [2.05, 4.69) is 22.4 Å². The van der Waals surface area contributed by atoms with Crippen LogP contribution in [0.3, 0.4) is 0 Å². The highest BCUT2D eigenvalue weighted by atomic mass is 16.5. The Hall–Kier alpha value is -3.02. The fraction of sp³-hybridized carbons (Fsp3) is 0.333. The second kappa shape index (κ2) is 10.2. The first-order valence-electron chi connectivity index (χ1n) is 8.87. The highest BCUT2D eigenvalue weighted by Gasteiger charge is 2.06. The fourth-order valence-electron chi connectivity index (χ4n) is 2.31. The smallest absolute Gasteiger partial charge is 0.259 e. The SMILES string of the molecule is CN(C)C(=O)COc1cccc(CN=C(NCc2ccccc2)N(C)C)c1. The maximum absolute atomic E-state index is 11.6. The van der Waals surface area contributed by atoms with Crippen LogP contribution in [0.5, 0.6) is 5.75 Å². The molecule has 6 heteroatoms. The van der Waals surface area contributed by atoms with Gasteiger partial charge in [0.15, 0.2) is 12.6 Å². The summed E-state index contributed by atoms with van der Waals surface area (Å²) in [5, 5.41) is 3.37. The van der Waals surface area contributed by atoms with Gasteiger partial charge in [-0.2, -0.15) is 0 Å². The second-order valence-electron chi connectivity index (χ2n) is 6.60. The molecule has 6 nitrogen and oxygen atoms in total. The number of aliphatic imine (C=N–C) groups is 1. The first kappa shape index (κ1) is 20.3. The van der Waals surface area contributed by atoms with Crippen LogP contribution in [0.2, 0.25) is 0 Å². The summed E-state index contributed by atoms with van der Waals surface area (Å²) in [6, 6.07) is 17.9. The first-order valence-corrected chi connectivity index (χ1v) is 8.87. The van der Waals surface area contributed by atoms with Gasteiger partial charge < -0.3 is 19.9 Å². The lowest BCUT2D eigenvalue weighted by atomic mass is 10.2. The number of ether oxygens (including phenoxy) is 1. The molecule has 0 aliphatic carbocycles. The van der Waals surface area contributed by atoms with Crippen LogP contribution in [-0.2, 0) is 17.9 Å². The van der Waals surface area contributed by atoms with Crippen LogP contribution in [0.25, 0.3) is 0 Å². The number of carbonyl (C=O) groups excluding carboxylic acids is 1. The van der Waals surface area contributed by atoms with Gasteiger partial charge in [-0.3, -0.25) is 4.79 Å². The van der Waals surface area contributed by atoms with Crippen molar-refractivity contribution in [3.05, 3.63) is 65.7 Å². The standard InChI is InChI=1S/C21H28N4O2/c1-24(2)20(26)16-27-19-12-8-11-18(13-19)15-23-21(25(3)4)22-14-17-9-6-5-7-10-17/h5-13H,14-16H2,1-4H3,(H,22,23). The molecular formula is C21H28N4O2. The molecule has 144 valence electrons. The lowest BCUT2D eigenvalue weighted by molar-refractivity contribution is -0.130. The van der Waals surface area contributed by atoms with E-state index in [1.165, 1.54) is 10.5 Å². The quantitative estimate of drug-likeness (QED) is 0.602. The van der Waals surface area contributed by atoms with Gasteiger partial charge in [0.1, 0.15) is 5.75 Å². The number of benzene rings is 2. The van der Waals surface area contributed by atoms with Crippen molar-refractivity contribution in [2.75, 3.05) is 34.8 Å². The van der Waals surface area contributed by atoms with Gasteiger partial charge >= 0.3 is 0 Å². The molecule has 2 rings (SSSR count). The molecule has 0 unspecified atom stereocenters. The van der Waals surface area contributed by atoms with Gasteiger partial charge in [-0.25, -0.2) is 4.99 Å². The predicted molar refractivity (Wildman–Crippen MR) is 109 cm³/mol. The Bertz CT molecular complexity index is 758. The minimum Gasteiger partial charge on any atom is -0.484 e. The van der Waals surface area contributed by atoms with E-state index in [0.29, 0.717) is 18.8 Å². The molecule has 0 spiro atoms. The van der Waals surface area contributed by atoms with Crippen molar-refractivity contribution in [1.29, 1.82) is 0 Å². The molecule has 1 N–H and O–H groups in total. The van der Waals surface area contributed by atoms with E-state index in [1.807, 2.05) is 61.5 Å². The number of likely N-dealkylation sites (N-methyl/N-ethyl adjacent to an activating group) is 1. The number of hydrogen-bond acceptors (Lipinski definition) is 3. The van der Waals surface area contributed by atoms with Gasteiger partial charge in [0.25, 0.3) is 5.91 Å². The highest BCUT2D eigenvalue weighted by molar-refractivity contribution is 5.79. The van der Waals surface area contributed by atoms with Gasteiger partial charge in [0.05, 0.1) is 6.54 Å². The Labute approximate surface area is 161 Å². The molecule has 0 saturated carbocycles. The van der Waals surface area contributed by atoms with Crippen LogP contribution >= 0.6 is 0 Å². The summed E-state index contributed by atoms with van der Waals surface area (Å²) in [7, 11) is 7.34. The highest BCUT2D eigenvalue weighted by Crippen LogP contribution is 2.14. The third-order valence-electron chi connectivity index (χ3n) is 3.89. The van der Waals surface area contributed by atoms with Crippen LogP contribution < -0.4 is 10.1 Å². The van der Waals surface area contributed by atoms with E-state index >= 15 is 0 Å². The average Bonchev–Trinajstić information content (AvgIpc) is 2.66. The van der Waals surface area contributed by atoms with E-state index in [4.69, 9.17) is 4.74 Å². The molecule has 0 aliphatic heterocycles. The molecule has 0 heterocycles. The molecule has 0 aliphatic rings. The van der Waals surface area contributed by atoms with Crippen molar-refractivity contribution in [1.82, 2.24) is 15.1 Å². The number of amides is 1. The molecule has 27 heavy (non-hydrogen) atoms. The van der Waals surface area contributed by atoms with Crippen molar-refractivity contribution in [3.8, 4) is 5.75 Å². The van der Waals surface area contributed by atoms with Crippen molar-refractivity contribution < 1.29 is 9.53 Å². The lowest BCUT2D eigenvalue weighted by Crippen LogP contribution is -2.36. The maximum Gasteiger partial charge on any atom is 0.259 e. The Morgan fingerprint density at radius 3 is 2.33 bits per heavy atom. The minimum atomic E-state index is -0.0709. The number of hydrogen-bond donors (Lipinski definition) is 1. The Kier molecular flexibility index (Phi) is 7.67. The largest absolute Gasteiger partial charge is 0.484 e.